The summed E-state index contributed by atoms with van der Waals surface area (Å²) in [7, 11) is 0. The lowest BCUT2D eigenvalue weighted by Crippen LogP contribution is -2.25. The molecule has 134 valence electrons. The van der Waals surface area contributed by atoms with Crippen LogP contribution in [0.2, 0.25) is 0 Å². The summed E-state index contributed by atoms with van der Waals surface area (Å²) in [6.07, 6.45) is 7.24. The molecule has 0 aliphatic carbocycles. The summed E-state index contributed by atoms with van der Waals surface area (Å²) in [5.74, 6) is 0.501. The van der Waals surface area contributed by atoms with E-state index in [0.717, 1.165) is 5.56 Å². The van der Waals surface area contributed by atoms with E-state index in [1.54, 1.807) is 24.0 Å². The number of nitrogens with one attached hydrogen (secondary N) is 1. The smallest absolute Gasteiger partial charge is 0.252 e. The van der Waals surface area contributed by atoms with Crippen molar-refractivity contribution in [1.82, 2.24) is 30.2 Å². The van der Waals surface area contributed by atoms with Crippen LogP contribution in [-0.2, 0) is 6.42 Å². The minimum Gasteiger partial charge on any atom is -0.383 e. The number of thiophene rings is 1. The van der Waals surface area contributed by atoms with Gasteiger partial charge in [0.15, 0.2) is 5.82 Å². The molecule has 0 aromatic carbocycles. The van der Waals surface area contributed by atoms with Crippen molar-refractivity contribution in [2.24, 2.45) is 0 Å². The Morgan fingerprint density at radius 2 is 2.04 bits per heavy atom. The largest absolute Gasteiger partial charge is 0.383 e. The number of hydrogen-bond donors (Lipinski definition) is 2. The average molecular weight is 377 g/mol. The fourth-order valence-electron chi connectivity index (χ4n) is 2.62. The van der Waals surface area contributed by atoms with E-state index in [1.165, 1.54) is 17.7 Å². The first-order valence-corrected chi connectivity index (χ1v) is 9.08. The first-order chi connectivity index (χ1) is 13.2. The Morgan fingerprint density at radius 3 is 2.81 bits per heavy atom. The van der Waals surface area contributed by atoms with Crippen molar-refractivity contribution < 1.29 is 4.79 Å². The number of nitrogens with zero attached hydrogens (tertiary/aromatic N) is 5. The third kappa shape index (κ3) is 3.58. The topological polar surface area (TPSA) is 120 Å². The highest BCUT2D eigenvalue weighted by molar-refractivity contribution is 7.17. The van der Waals surface area contributed by atoms with E-state index in [0.29, 0.717) is 40.3 Å². The SMILES string of the molecule is Nc1nc(-c2ccccn2)nc2scc(C(=O)NCCc3cncnc3)c12. The van der Waals surface area contributed by atoms with Crippen molar-refractivity contribution in [3.63, 3.8) is 0 Å². The Bertz CT molecular complexity index is 1080. The lowest BCUT2D eigenvalue weighted by molar-refractivity contribution is 0.0956. The maximum Gasteiger partial charge on any atom is 0.252 e. The number of nitrogen functional groups attached to an aromatic ring is 1. The van der Waals surface area contributed by atoms with Gasteiger partial charge in [-0.15, -0.1) is 11.3 Å². The van der Waals surface area contributed by atoms with Gasteiger partial charge < -0.3 is 11.1 Å². The molecule has 27 heavy (non-hydrogen) atoms. The number of fused-ring (bicyclic) bond motifs is 1. The van der Waals surface area contributed by atoms with Crippen LogP contribution in [0.25, 0.3) is 21.7 Å². The first kappa shape index (κ1) is 17.0. The van der Waals surface area contributed by atoms with Gasteiger partial charge in [0.05, 0.1) is 10.9 Å². The monoisotopic (exact) mass is 377 g/mol. The van der Waals surface area contributed by atoms with Crippen LogP contribution >= 0.6 is 11.3 Å². The molecule has 4 aromatic rings. The van der Waals surface area contributed by atoms with Gasteiger partial charge in [-0.3, -0.25) is 9.78 Å². The molecule has 4 heterocycles. The summed E-state index contributed by atoms with van der Waals surface area (Å²) < 4.78 is 0. The van der Waals surface area contributed by atoms with E-state index in [9.17, 15) is 4.79 Å². The molecule has 0 saturated heterocycles. The second-order valence-electron chi connectivity index (χ2n) is 5.73. The van der Waals surface area contributed by atoms with Crippen LogP contribution in [0.4, 0.5) is 5.82 Å². The molecule has 9 heteroatoms. The second-order valence-corrected chi connectivity index (χ2v) is 6.59. The quantitative estimate of drug-likeness (QED) is 0.546. The van der Waals surface area contributed by atoms with Gasteiger partial charge in [0, 0.05) is 30.5 Å². The van der Waals surface area contributed by atoms with Crippen molar-refractivity contribution in [3.8, 4) is 11.5 Å². The summed E-state index contributed by atoms with van der Waals surface area (Å²) in [6, 6.07) is 5.49. The highest BCUT2D eigenvalue weighted by Gasteiger charge is 2.18. The summed E-state index contributed by atoms with van der Waals surface area (Å²) in [5, 5.41) is 5.21. The molecule has 0 atom stereocenters. The fraction of sp³-hybridized carbons (Fsp3) is 0.111. The van der Waals surface area contributed by atoms with Crippen molar-refractivity contribution in [2.75, 3.05) is 12.3 Å². The number of rotatable bonds is 5. The molecule has 0 fully saturated rings. The predicted octanol–water partition coefficient (Wildman–Crippen LogP) is 2.10. The van der Waals surface area contributed by atoms with Crippen LogP contribution in [0, 0.1) is 0 Å². The molecule has 0 bridgehead atoms. The molecule has 4 aromatic heterocycles. The molecule has 1 amide bonds. The number of carbonyl (C=O) groups is 1. The maximum absolute atomic E-state index is 12.6. The number of carbonyl (C=O) groups excluding carboxylic acids is 1. The van der Waals surface area contributed by atoms with Gasteiger partial charge in [-0.05, 0) is 24.1 Å². The number of hydrogen-bond acceptors (Lipinski definition) is 8. The third-order valence-corrected chi connectivity index (χ3v) is 4.79. The van der Waals surface area contributed by atoms with Gasteiger partial charge in [0.25, 0.3) is 5.91 Å². The summed E-state index contributed by atoms with van der Waals surface area (Å²) in [6.45, 7) is 0.469. The van der Waals surface area contributed by atoms with Crippen LogP contribution in [0.15, 0.2) is 48.5 Å². The van der Waals surface area contributed by atoms with E-state index < -0.39 is 0 Å². The minimum atomic E-state index is -0.209. The summed E-state index contributed by atoms with van der Waals surface area (Å²) in [4.78, 5) is 34.2. The van der Waals surface area contributed by atoms with Crippen molar-refractivity contribution >= 4 is 33.3 Å². The van der Waals surface area contributed by atoms with Crippen LogP contribution in [0.1, 0.15) is 15.9 Å². The molecular weight excluding hydrogens is 362 g/mol. The van der Waals surface area contributed by atoms with Gasteiger partial charge in [-0.2, -0.15) is 0 Å². The number of nitrogens with two attached hydrogens (primary N) is 1. The molecule has 8 nitrogen and oxygen atoms in total. The lowest BCUT2D eigenvalue weighted by Gasteiger charge is -2.06. The Balaban J connectivity index is 1.55. The Morgan fingerprint density at radius 1 is 1.19 bits per heavy atom. The van der Waals surface area contributed by atoms with Crippen molar-refractivity contribution in [3.05, 3.63) is 59.6 Å². The lowest BCUT2D eigenvalue weighted by atomic mass is 10.2. The third-order valence-electron chi connectivity index (χ3n) is 3.91. The minimum absolute atomic E-state index is 0.209. The molecule has 0 aliphatic heterocycles. The van der Waals surface area contributed by atoms with Crippen LogP contribution in [-0.4, -0.2) is 37.4 Å². The van der Waals surface area contributed by atoms with Gasteiger partial charge in [-0.1, -0.05) is 6.07 Å². The molecule has 0 unspecified atom stereocenters. The van der Waals surface area contributed by atoms with Crippen molar-refractivity contribution in [1.29, 1.82) is 0 Å². The molecule has 0 radical (unpaired) electrons. The van der Waals surface area contributed by atoms with E-state index >= 15 is 0 Å². The summed E-state index contributed by atoms with van der Waals surface area (Å²) >= 11 is 1.36. The van der Waals surface area contributed by atoms with Crippen LogP contribution in [0.3, 0.4) is 0 Å². The Labute approximate surface area is 158 Å². The number of pyridine rings is 1. The maximum atomic E-state index is 12.6. The van der Waals surface area contributed by atoms with Gasteiger partial charge >= 0.3 is 0 Å². The fourth-order valence-corrected chi connectivity index (χ4v) is 3.55. The normalized spacial score (nSPS) is 10.8. The number of anilines is 1. The summed E-state index contributed by atoms with van der Waals surface area (Å²) in [5.41, 5.74) is 8.19. The van der Waals surface area contributed by atoms with Crippen LogP contribution < -0.4 is 11.1 Å². The molecule has 0 saturated carbocycles. The van der Waals surface area contributed by atoms with E-state index in [-0.39, 0.29) is 11.7 Å². The molecule has 0 spiro atoms. The molecule has 0 aliphatic rings. The average Bonchev–Trinajstić information content (AvgIpc) is 3.14. The van der Waals surface area contributed by atoms with E-state index in [4.69, 9.17) is 5.73 Å². The highest BCUT2D eigenvalue weighted by atomic mass is 32.1. The molecule has 4 rings (SSSR count). The Hall–Kier alpha value is -3.46. The Kier molecular flexibility index (Phi) is 4.67. The van der Waals surface area contributed by atoms with Crippen molar-refractivity contribution in [2.45, 2.75) is 6.42 Å². The van der Waals surface area contributed by atoms with E-state index in [2.05, 4.69) is 30.2 Å². The zero-order valence-electron chi connectivity index (χ0n) is 14.2. The standard InChI is InChI=1S/C18H15N7OS/c19-15-14-12(17(26)23-6-4-11-7-20-10-21-8-11)9-27-18(14)25-16(24-15)13-3-1-2-5-22-13/h1-3,5,7-10H,4,6H2,(H,23,26)(H2,19,24,25). The van der Waals surface area contributed by atoms with Gasteiger partial charge in [0.2, 0.25) is 0 Å². The second kappa shape index (κ2) is 7.42. The zero-order chi connectivity index (χ0) is 18.6. The predicted molar refractivity (Wildman–Crippen MR) is 103 cm³/mol. The number of aromatic nitrogens is 5. The highest BCUT2D eigenvalue weighted by Crippen LogP contribution is 2.30. The molecule has 3 N–H and O–H groups in total. The molecular formula is C18H15N7OS. The van der Waals surface area contributed by atoms with Crippen LogP contribution in [0.5, 0.6) is 0 Å². The zero-order valence-corrected chi connectivity index (χ0v) is 15.0. The van der Waals surface area contributed by atoms with E-state index in [1.807, 2.05) is 18.2 Å². The van der Waals surface area contributed by atoms with Gasteiger partial charge in [-0.25, -0.2) is 19.9 Å². The van der Waals surface area contributed by atoms with Gasteiger partial charge in [0.1, 0.15) is 22.7 Å². The first-order valence-electron chi connectivity index (χ1n) is 8.20. The number of amides is 1.